The van der Waals surface area contributed by atoms with E-state index in [0.29, 0.717) is 38.0 Å². The molecule has 9 heteroatoms. The van der Waals surface area contributed by atoms with Crippen molar-refractivity contribution in [3.63, 3.8) is 0 Å². The lowest BCUT2D eigenvalue weighted by atomic mass is 10.0. The Morgan fingerprint density at radius 3 is 2.38 bits per heavy atom. The molecule has 0 atom stereocenters. The van der Waals surface area contributed by atoms with Crippen LogP contribution >= 0.6 is 0 Å². The van der Waals surface area contributed by atoms with Crippen molar-refractivity contribution in [3.05, 3.63) is 70.8 Å². The summed E-state index contributed by atoms with van der Waals surface area (Å²) in [6.07, 6.45) is -3.24. The van der Waals surface area contributed by atoms with E-state index in [0.717, 1.165) is 23.3 Å². The number of ketones is 1. The summed E-state index contributed by atoms with van der Waals surface area (Å²) in [5.41, 5.74) is 1.16. The summed E-state index contributed by atoms with van der Waals surface area (Å²) in [7, 11) is 1.32. The Kier molecular flexibility index (Phi) is 8.44. The standard InChI is InChI=1S/C25H27F3N2O4/c1-34-24(33)16-18-5-2-7-20(13-18)17-30-23(32)9-4-11-29(30)12-10-22(31)15-19-6-3-8-21(14-19)25(26,27)28/h2-3,5-8,13-14H,4,9-12,15-17H2,1H3. The van der Waals surface area contributed by atoms with Crippen molar-refractivity contribution in [1.29, 1.82) is 0 Å². The molecular weight excluding hydrogens is 449 g/mol. The maximum absolute atomic E-state index is 12.9. The highest BCUT2D eigenvalue weighted by molar-refractivity contribution is 5.81. The number of alkyl halides is 3. The van der Waals surface area contributed by atoms with Gasteiger partial charge in [-0.1, -0.05) is 42.5 Å². The lowest BCUT2D eigenvalue weighted by Gasteiger charge is -2.38. The number of methoxy groups -OCH3 is 1. The second-order valence-electron chi connectivity index (χ2n) is 8.25. The fraction of sp³-hybridized carbons (Fsp3) is 0.400. The van der Waals surface area contributed by atoms with Crippen LogP contribution in [0.15, 0.2) is 48.5 Å². The van der Waals surface area contributed by atoms with Gasteiger partial charge in [0, 0.05) is 32.4 Å². The highest BCUT2D eigenvalue weighted by atomic mass is 19.4. The topological polar surface area (TPSA) is 66.9 Å². The maximum atomic E-state index is 12.9. The SMILES string of the molecule is COC(=O)Cc1cccc(CN2C(=O)CCCN2CCC(=O)Cc2cccc(C(F)(F)F)c2)c1. The van der Waals surface area contributed by atoms with Crippen molar-refractivity contribution < 1.29 is 32.3 Å². The van der Waals surface area contributed by atoms with Gasteiger partial charge in [-0.15, -0.1) is 0 Å². The number of carbonyl (C=O) groups is 3. The second kappa shape index (κ2) is 11.3. The summed E-state index contributed by atoms with van der Waals surface area (Å²) in [6, 6.07) is 12.1. The summed E-state index contributed by atoms with van der Waals surface area (Å²) in [4.78, 5) is 36.6. The third-order valence-electron chi connectivity index (χ3n) is 5.64. The van der Waals surface area contributed by atoms with Crippen LogP contribution < -0.4 is 0 Å². The van der Waals surface area contributed by atoms with Crippen LogP contribution in [-0.2, 0) is 44.7 Å². The molecule has 3 rings (SSSR count). The Bertz CT molecular complexity index is 1040. The van der Waals surface area contributed by atoms with Crippen molar-refractivity contribution in [2.24, 2.45) is 0 Å². The summed E-state index contributed by atoms with van der Waals surface area (Å²) >= 11 is 0. The van der Waals surface area contributed by atoms with Gasteiger partial charge in [-0.25, -0.2) is 5.01 Å². The molecule has 182 valence electrons. The molecule has 1 aliphatic heterocycles. The molecule has 1 heterocycles. The first kappa shape index (κ1) is 25.4. The Morgan fingerprint density at radius 1 is 1.00 bits per heavy atom. The maximum Gasteiger partial charge on any atom is 0.416 e. The summed E-state index contributed by atoms with van der Waals surface area (Å²) in [5, 5.41) is 3.43. The lowest BCUT2D eigenvalue weighted by molar-refractivity contribution is -0.158. The van der Waals surface area contributed by atoms with Crippen LogP contribution in [0, 0.1) is 0 Å². The number of halogens is 3. The smallest absolute Gasteiger partial charge is 0.416 e. The molecule has 0 unspecified atom stereocenters. The van der Waals surface area contributed by atoms with Crippen LogP contribution in [0.25, 0.3) is 0 Å². The van der Waals surface area contributed by atoms with E-state index in [-0.39, 0.29) is 36.9 Å². The average molecular weight is 476 g/mol. The van der Waals surface area contributed by atoms with Crippen LogP contribution in [-0.4, -0.2) is 47.9 Å². The largest absolute Gasteiger partial charge is 0.469 e. The average Bonchev–Trinajstić information content (AvgIpc) is 2.79. The lowest BCUT2D eigenvalue weighted by Crippen LogP contribution is -2.50. The molecule has 2 aromatic carbocycles. The summed E-state index contributed by atoms with van der Waals surface area (Å²) in [5.74, 6) is -0.612. The van der Waals surface area contributed by atoms with Crippen molar-refractivity contribution >= 4 is 17.7 Å². The van der Waals surface area contributed by atoms with E-state index < -0.39 is 11.7 Å². The molecule has 2 aromatic rings. The number of nitrogens with zero attached hydrogens (tertiary/aromatic N) is 2. The van der Waals surface area contributed by atoms with Gasteiger partial charge < -0.3 is 4.74 Å². The number of rotatable bonds is 9. The van der Waals surface area contributed by atoms with E-state index in [9.17, 15) is 27.6 Å². The molecule has 1 saturated heterocycles. The van der Waals surface area contributed by atoms with Crippen LogP contribution in [0.5, 0.6) is 0 Å². The summed E-state index contributed by atoms with van der Waals surface area (Å²) in [6.45, 7) is 1.20. The van der Waals surface area contributed by atoms with Crippen molar-refractivity contribution in [3.8, 4) is 0 Å². The number of benzene rings is 2. The molecule has 0 saturated carbocycles. The Morgan fingerprint density at radius 2 is 1.68 bits per heavy atom. The minimum Gasteiger partial charge on any atom is -0.469 e. The second-order valence-corrected chi connectivity index (χ2v) is 8.25. The van der Waals surface area contributed by atoms with E-state index in [4.69, 9.17) is 4.74 Å². The van der Waals surface area contributed by atoms with Gasteiger partial charge in [-0.2, -0.15) is 13.2 Å². The fourth-order valence-electron chi connectivity index (χ4n) is 3.92. The van der Waals surface area contributed by atoms with Gasteiger partial charge in [0.2, 0.25) is 5.91 Å². The molecule has 34 heavy (non-hydrogen) atoms. The van der Waals surface area contributed by atoms with Crippen molar-refractivity contribution in [2.75, 3.05) is 20.2 Å². The van der Waals surface area contributed by atoms with Crippen molar-refractivity contribution in [1.82, 2.24) is 10.0 Å². The number of ether oxygens (including phenoxy) is 1. The Labute approximate surface area is 196 Å². The fourth-order valence-corrected chi connectivity index (χ4v) is 3.92. The van der Waals surface area contributed by atoms with Gasteiger partial charge in [0.25, 0.3) is 0 Å². The molecule has 0 aliphatic carbocycles. The van der Waals surface area contributed by atoms with E-state index in [1.807, 2.05) is 29.3 Å². The molecule has 1 aliphatic rings. The predicted octanol–water partition coefficient (Wildman–Crippen LogP) is 3.96. The monoisotopic (exact) mass is 476 g/mol. The van der Waals surface area contributed by atoms with Crippen LogP contribution in [0.1, 0.15) is 41.5 Å². The van der Waals surface area contributed by atoms with Gasteiger partial charge in [0.15, 0.2) is 0 Å². The first-order chi connectivity index (χ1) is 16.2. The van der Waals surface area contributed by atoms with Gasteiger partial charge >= 0.3 is 12.1 Å². The third kappa shape index (κ3) is 7.15. The van der Waals surface area contributed by atoms with Crippen LogP contribution in [0.2, 0.25) is 0 Å². The molecule has 0 spiro atoms. The zero-order valence-electron chi connectivity index (χ0n) is 18.9. The number of hydrazine groups is 1. The molecule has 1 fully saturated rings. The van der Waals surface area contributed by atoms with E-state index in [1.165, 1.54) is 19.2 Å². The first-order valence-electron chi connectivity index (χ1n) is 11.0. The zero-order valence-corrected chi connectivity index (χ0v) is 18.9. The van der Waals surface area contributed by atoms with Crippen molar-refractivity contribution in [2.45, 2.75) is 44.8 Å². The number of amides is 1. The number of esters is 1. The number of Topliss-reactive ketones (excluding diaryl/α,β-unsaturated/α-hetero) is 1. The minimum absolute atomic E-state index is 0.0602. The molecule has 0 aromatic heterocycles. The minimum atomic E-state index is -4.46. The van der Waals surface area contributed by atoms with Gasteiger partial charge in [0.1, 0.15) is 5.78 Å². The van der Waals surface area contributed by atoms with Gasteiger partial charge in [-0.3, -0.25) is 19.4 Å². The highest BCUT2D eigenvalue weighted by Crippen LogP contribution is 2.29. The zero-order chi connectivity index (χ0) is 24.7. The molecular formula is C25H27F3N2O4. The Balaban J connectivity index is 1.61. The predicted molar refractivity (Wildman–Crippen MR) is 118 cm³/mol. The normalized spacial score (nSPS) is 14.8. The number of carbonyl (C=O) groups excluding carboxylic acids is 3. The number of hydrogen-bond donors (Lipinski definition) is 0. The number of hydrogen-bond acceptors (Lipinski definition) is 5. The molecule has 1 amide bonds. The van der Waals surface area contributed by atoms with Crippen LogP contribution in [0.4, 0.5) is 13.2 Å². The molecule has 6 nitrogen and oxygen atoms in total. The third-order valence-corrected chi connectivity index (χ3v) is 5.64. The Hall–Kier alpha value is -3.20. The highest BCUT2D eigenvalue weighted by Gasteiger charge is 2.30. The quantitative estimate of drug-likeness (QED) is 0.513. The molecule has 0 radical (unpaired) electrons. The van der Waals surface area contributed by atoms with E-state index >= 15 is 0 Å². The summed E-state index contributed by atoms with van der Waals surface area (Å²) < 4.78 is 43.4. The first-order valence-corrected chi connectivity index (χ1v) is 11.0. The van der Waals surface area contributed by atoms with E-state index in [1.54, 1.807) is 5.01 Å². The van der Waals surface area contributed by atoms with Crippen LogP contribution in [0.3, 0.4) is 0 Å². The van der Waals surface area contributed by atoms with Gasteiger partial charge in [0.05, 0.1) is 25.6 Å². The van der Waals surface area contributed by atoms with Gasteiger partial charge in [-0.05, 0) is 29.2 Å². The van der Waals surface area contributed by atoms with E-state index in [2.05, 4.69) is 0 Å². The molecule has 0 N–H and O–H groups in total. The molecule has 0 bridgehead atoms.